The molecule has 2 heterocycles. The molecule has 3 nitrogen and oxygen atoms in total. The number of rotatable bonds is 3. The van der Waals surface area contributed by atoms with Gasteiger partial charge in [0, 0.05) is 37.2 Å². The van der Waals surface area contributed by atoms with Crippen LogP contribution >= 0.6 is 11.6 Å². The zero-order valence-electron chi connectivity index (χ0n) is 12.9. The zero-order valence-corrected chi connectivity index (χ0v) is 13.7. The van der Waals surface area contributed by atoms with Crippen molar-refractivity contribution in [2.24, 2.45) is 0 Å². The van der Waals surface area contributed by atoms with Gasteiger partial charge in [-0.25, -0.2) is 4.98 Å². The second kappa shape index (κ2) is 6.31. The zero-order chi connectivity index (χ0) is 14.8. The van der Waals surface area contributed by atoms with Crippen molar-refractivity contribution in [2.45, 2.75) is 51.0 Å². The quantitative estimate of drug-likeness (QED) is 0.795. The molecule has 1 aliphatic rings. The number of nitrogens with zero attached hydrogens (tertiary/aromatic N) is 2. The van der Waals surface area contributed by atoms with E-state index >= 15 is 0 Å². The largest absolute Gasteiger partial charge is 0.380 e. The highest BCUT2D eigenvalue weighted by atomic mass is 35.5. The van der Waals surface area contributed by atoms with Gasteiger partial charge in [0.1, 0.15) is 5.82 Å². The third-order valence-electron chi connectivity index (χ3n) is 3.83. The van der Waals surface area contributed by atoms with Gasteiger partial charge in [0.15, 0.2) is 0 Å². The summed E-state index contributed by atoms with van der Waals surface area (Å²) in [6.07, 6.45) is 2.59. The summed E-state index contributed by atoms with van der Waals surface area (Å²) in [5.74, 6) is 1.56. The molecule has 0 amide bonds. The third kappa shape index (κ3) is 3.64. The average molecular weight is 297 g/mol. The van der Waals surface area contributed by atoms with Gasteiger partial charge >= 0.3 is 0 Å². The van der Waals surface area contributed by atoms with Crippen molar-refractivity contribution in [3.05, 3.63) is 23.4 Å². The van der Waals surface area contributed by atoms with E-state index in [0.29, 0.717) is 12.0 Å². The maximum atomic E-state index is 6.04. The lowest BCUT2D eigenvalue weighted by Gasteiger charge is -2.33. The number of methoxy groups -OCH3 is 1. The molecule has 0 radical (unpaired) electrons. The van der Waals surface area contributed by atoms with E-state index < -0.39 is 0 Å². The Kier molecular flexibility index (Phi) is 4.92. The average Bonchev–Trinajstić information content (AvgIpc) is 2.46. The van der Waals surface area contributed by atoms with Crippen molar-refractivity contribution in [3.63, 3.8) is 0 Å². The Bertz CT molecular complexity index is 456. The van der Waals surface area contributed by atoms with E-state index in [9.17, 15) is 0 Å². The molecule has 20 heavy (non-hydrogen) atoms. The molecular weight excluding hydrogens is 272 g/mol. The number of anilines is 1. The number of alkyl halides is 1. The minimum atomic E-state index is 0.0350. The van der Waals surface area contributed by atoms with Crippen molar-refractivity contribution in [2.75, 3.05) is 25.1 Å². The number of hydrogen-bond acceptors (Lipinski definition) is 3. The molecule has 1 aliphatic heterocycles. The maximum absolute atomic E-state index is 6.04. The van der Waals surface area contributed by atoms with E-state index in [0.717, 1.165) is 43.0 Å². The van der Waals surface area contributed by atoms with Crippen LogP contribution in [0.2, 0.25) is 0 Å². The third-order valence-corrected chi connectivity index (χ3v) is 4.14. The highest BCUT2D eigenvalue weighted by Gasteiger charge is 2.23. The van der Waals surface area contributed by atoms with Crippen molar-refractivity contribution >= 4 is 17.4 Å². The summed E-state index contributed by atoms with van der Waals surface area (Å²) < 4.78 is 5.50. The molecule has 1 aromatic heterocycles. The van der Waals surface area contributed by atoms with Crippen LogP contribution in [0.5, 0.6) is 0 Å². The van der Waals surface area contributed by atoms with Crippen LogP contribution in [0.25, 0.3) is 0 Å². The minimum absolute atomic E-state index is 0.0350. The van der Waals surface area contributed by atoms with Crippen LogP contribution in [0, 0.1) is 0 Å². The van der Waals surface area contributed by atoms with Crippen LogP contribution < -0.4 is 4.90 Å². The predicted octanol–water partition coefficient (Wildman–Crippen LogP) is 3.73. The van der Waals surface area contributed by atoms with E-state index in [4.69, 9.17) is 21.3 Å². The smallest absolute Gasteiger partial charge is 0.129 e. The van der Waals surface area contributed by atoms with Gasteiger partial charge in [-0.05, 0) is 30.5 Å². The summed E-state index contributed by atoms with van der Waals surface area (Å²) in [7, 11) is 1.79. The Morgan fingerprint density at radius 2 is 2.15 bits per heavy atom. The highest BCUT2D eigenvalue weighted by Crippen LogP contribution is 2.27. The van der Waals surface area contributed by atoms with Crippen LogP contribution in [-0.2, 0) is 16.0 Å². The van der Waals surface area contributed by atoms with E-state index in [1.807, 2.05) is 0 Å². The standard InChI is InChI=1S/C16H25ClN2O/c1-16(2,3)14-8-12(10-17)9-15(18-14)19-7-5-6-13(11-19)20-4/h8-9,13H,5-7,10-11H2,1-4H3. The summed E-state index contributed by atoms with van der Waals surface area (Å²) in [5, 5.41) is 0. The van der Waals surface area contributed by atoms with Crippen molar-refractivity contribution in [1.82, 2.24) is 4.98 Å². The van der Waals surface area contributed by atoms with E-state index in [2.05, 4.69) is 37.8 Å². The van der Waals surface area contributed by atoms with Gasteiger partial charge in [-0.15, -0.1) is 11.6 Å². The Balaban J connectivity index is 2.30. The Morgan fingerprint density at radius 1 is 1.40 bits per heavy atom. The number of piperidine rings is 1. The summed E-state index contributed by atoms with van der Waals surface area (Å²) in [6.45, 7) is 8.52. The monoisotopic (exact) mass is 296 g/mol. The first-order valence-electron chi connectivity index (χ1n) is 7.29. The highest BCUT2D eigenvalue weighted by molar-refractivity contribution is 6.17. The first-order chi connectivity index (χ1) is 9.44. The molecule has 4 heteroatoms. The topological polar surface area (TPSA) is 25.4 Å². The minimum Gasteiger partial charge on any atom is -0.380 e. The molecule has 2 rings (SSSR count). The van der Waals surface area contributed by atoms with Crippen molar-refractivity contribution < 1.29 is 4.74 Å². The maximum Gasteiger partial charge on any atom is 0.129 e. The summed E-state index contributed by atoms with van der Waals surface area (Å²) >= 11 is 6.04. The molecule has 112 valence electrons. The molecule has 0 aromatic carbocycles. The molecule has 1 fully saturated rings. The van der Waals surface area contributed by atoms with Gasteiger partial charge in [-0.3, -0.25) is 0 Å². The van der Waals surface area contributed by atoms with Gasteiger partial charge in [0.25, 0.3) is 0 Å². The molecular formula is C16H25ClN2O. The second-order valence-corrected chi connectivity index (χ2v) is 6.82. The number of pyridine rings is 1. The molecule has 1 atom stereocenters. The molecule has 1 aromatic rings. The lowest BCUT2D eigenvalue weighted by Crippen LogP contribution is -2.40. The summed E-state index contributed by atoms with van der Waals surface area (Å²) in [6, 6.07) is 4.23. The first-order valence-corrected chi connectivity index (χ1v) is 7.82. The molecule has 0 N–H and O–H groups in total. The lowest BCUT2D eigenvalue weighted by molar-refractivity contribution is 0.0891. The normalized spacial score (nSPS) is 20.2. The van der Waals surface area contributed by atoms with Crippen LogP contribution in [0.1, 0.15) is 44.9 Å². The van der Waals surface area contributed by atoms with E-state index in [1.54, 1.807) is 7.11 Å². The summed E-state index contributed by atoms with van der Waals surface area (Å²) in [4.78, 5) is 7.18. The molecule has 0 bridgehead atoms. The number of aromatic nitrogens is 1. The second-order valence-electron chi connectivity index (χ2n) is 6.55. The van der Waals surface area contributed by atoms with Crippen molar-refractivity contribution in [3.8, 4) is 0 Å². The van der Waals surface area contributed by atoms with Crippen LogP contribution in [0.3, 0.4) is 0 Å². The molecule has 0 saturated carbocycles. The van der Waals surface area contributed by atoms with Crippen LogP contribution in [0.15, 0.2) is 12.1 Å². The number of ether oxygens (including phenoxy) is 1. The van der Waals surface area contributed by atoms with E-state index in [1.165, 1.54) is 0 Å². The fraction of sp³-hybridized carbons (Fsp3) is 0.688. The first kappa shape index (κ1) is 15.6. The summed E-state index contributed by atoms with van der Waals surface area (Å²) in [5.41, 5.74) is 2.28. The van der Waals surface area contributed by atoms with Gasteiger partial charge in [0.05, 0.1) is 6.10 Å². The molecule has 1 saturated heterocycles. The van der Waals surface area contributed by atoms with E-state index in [-0.39, 0.29) is 5.41 Å². The van der Waals surface area contributed by atoms with Gasteiger partial charge in [0.2, 0.25) is 0 Å². The SMILES string of the molecule is COC1CCCN(c2cc(CCl)cc(C(C)(C)C)n2)C1. The molecule has 1 unspecified atom stereocenters. The fourth-order valence-corrected chi connectivity index (χ4v) is 2.69. The van der Waals surface area contributed by atoms with Gasteiger partial charge in [-0.2, -0.15) is 0 Å². The van der Waals surface area contributed by atoms with Crippen molar-refractivity contribution in [1.29, 1.82) is 0 Å². The number of hydrogen-bond donors (Lipinski definition) is 0. The fourth-order valence-electron chi connectivity index (χ4n) is 2.53. The molecule has 0 spiro atoms. The Labute approximate surface area is 127 Å². The van der Waals surface area contributed by atoms with Crippen LogP contribution in [-0.4, -0.2) is 31.3 Å². The Morgan fingerprint density at radius 3 is 2.75 bits per heavy atom. The molecule has 0 aliphatic carbocycles. The van der Waals surface area contributed by atoms with Gasteiger partial charge in [-0.1, -0.05) is 20.8 Å². The predicted molar refractivity (Wildman–Crippen MR) is 84.7 cm³/mol. The number of halogens is 1. The Hall–Kier alpha value is -0.800. The van der Waals surface area contributed by atoms with Crippen LogP contribution in [0.4, 0.5) is 5.82 Å². The lowest BCUT2D eigenvalue weighted by atomic mass is 9.91. The van der Waals surface area contributed by atoms with Gasteiger partial charge < -0.3 is 9.64 Å².